The molecule has 0 saturated carbocycles. The highest BCUT2D eigenvalue weighted by molar-refractivity contribution is 7.12. The predicted octanol–water partition coefficient (Wildman–Crippen LogP) is 4.77. The van der Waals surface area contributed by atoms with Gasteiger partial charge in [0.1, 0.15) is 0 Å². The van der Waals surface area contributed by atoms with Crippen molar-refractivity contribution in [2.45, 2.75) is 13.0 Å². The number of carbonyl (C=O) groups excluding carboxylic acids is 2. The van der Waals surface area contributed by atoms with Gasteiger partial charge in [0.15, 0.2) is 6.61 Å². The molecule has 4 nitrogen and oxygen atoms in total. The highest BCUT2D eigenvalue weighted by Crippen LogP contribution is 2.25. The van der Waals surface area contributed by atoms with Crippen molar-refractivity contribution in [2.75, 3.05) is 6.61 Å². The van der Waals surface area contributed by atoms with Crippen LogP contribution in [0.1, 0.15) is 28.3 Å². The van der Waals surface area contributed by atoms with Crippen LogP contribution in [0, 0.1) is 0 Å². The molecule has 3 aromatic rings. The maximum atomic E-state index is 12.6. The van der Waals surface area contributed by atoms with Crippen molar-refractivity contribution in [1.82, 2.24) is 5.32 Å². The van der Waals surface area contributed by atoms with Crippen LogP contribution in [-0.2, 0) is 14.3 Å². The molecule has 1 N–H and O–H groups in total. The number of amides is 1. The van der Waals surface area contributed by atoms with Crippen LogP contribution in [0.2, 0.25) is 0 Å². The molecule has 0 saturated heterocycles. The lowest BCUT2D eigenvalue weighted by Crippen LogP contribution is -2.31. The largest absolute Gasteiger partial charge is 0.452 e. The van der Waals surface area contributed by atoms with Gasteiger partial charge in [0.2, 0.25) is 0 Å². The molecule has 0 radical (unpaired) electrons. The van der Waals surface area contributed by atoms with Crippen LogP contribution in [0.5, 0.6) is 0 Å². The van der Waals surface area contributed by atoms with Gasteiger partial charge in [-0.15, -0.1) is 22.7 Å². The molecular weight excluding hydrogens is 378 g/mol. The first-order valence-electron chi connectivity index (χ1n) is 8.44. The fourth-order valence-corrected chi connectivity index (χ4v) is 3.88. The smallest absolute Gasteiger partial charge is 0.340 e. The summed E-state index contributed by atoms with van der Waals surface area (Å²) in [5.74, 6) is -0.838. The Labute approximate surface area is 166 Å². The SMILES string of the molecule is C[C@H](NC(=O)COC(=O)/C(=C/c1cccs1)c1cccs1)c1ccccc1. The van der Waals surface area contributed by atoms with E-state index in [0.717, 1.165) is 15.3 Å². The summed E-state index contributed by atoms with van der Waals surface area (Å²) in [5.41, 5.74) is 1.45. The highest BCUT2D eigenvalue weighted by atomic mass is 32.1. The van der Waals surface area contributed by atoms with Crippen molar-refractivity contribution in [3.8, 4) is 0 Å². The summed E-state index contributed by atoms with van der Waals surface area (Å²) in [6, 6.07) is 17.1. The van der Waals surface area contributed by atoms with E-state index in [0.29, 0.717) is 5.57 Å². The molecule has 3 rings (SSSR count). The number of benzene rings is 1. The number of thiophene rings is 2. The minimum atomic E-state index is -0.506. The summed E-state index contributed by atoms with van der Waals surface area (Å²) in [6.07, 6.45) is 1.79. The minimum Gasteiger partial charge on any atom is -0.452 e. The Hall–Kier alpha value is -2.70. The van der Waals surface area contributed by atoms with Crippen LogP contribution in [0.4, 0.5) is 0 Å². The fraction of sp³-hybridized carbons (Fsp3) is 0.143. The Bertz CT molecular complexity index is 900. The van der Waals surface area contributed by atoms with Gasteiger partial charge >= 0.3 is 5.97 Å². The van der Waals surface area contributed by atoms with Gasteiger partial charge in [-0.3, -0.25) is 4.79 Å². The number of hydrogen-bond acceptors (Lipinski definition) is 5. The summed E-state index contributed by atoms with van der Waals surface area (Å²) in [5, 5.41) is 6.69. The lowest BCUT2D eigenvalue weighted by atomic mass is 10.1. The van der Waals surface area contributed by atoms with Crippen LogP contribution in [0.15, 0.2) is 65.4 Å². The monoisotopic (exact) mass is 397 g/mol. The number of rotatable bonds is 7. The molecule has 1 atom stereocenters. The zero-order chi connectivity index (χ0) is 19.1. The van der Waals surface area contributed by atoms with Gasteiger partial charge in [0.25, 0.3) is 5.91 Å². The van der Waals surface area contributed by atoms with E-state index in [4.69, 9.17) is 4.74 Å². The van der Waals surface area contributed by atoms with E-state index in [2.05, 4.69) is 5.32 Å². The number of hydrogen-bond donors (Lipinski definition) is 1. The van der Waals surface area contributed by atoms with Crippen molar-refractivity contribution >= 4 is 46.2 Å². The summed E-state index contributed by atoms with van der Waals surface area (Å²) >= 11 is 3.00. The topological polar surface area (TPSA) is 55.4 Å². The molecule has 0 spiro atoms. The Balaban J connectivity index is 1.62. The Kier molecular flexibility index (Phi) is 6.57. The molecule has 2 heterocycles. The molecule has 6 heteroatoms. The molecule has 0 fully saturated rings. The van der Waals surface area contributed by atoms with Gasteiger partial charge in [-0.25, -0.2) is 4.79 Å². The van der Waals surface area contributed by atoms with E-state index >= 15 is 0 Å². The van der Waals surface area contributed by atoms with Gasteiger partial charge < -0.3 is 10.1 Å². The quantitative estimate of drug-likeness (QED) is 0.461. The second kappa shape index (κ2) is 9.30. The number of carbonyl (C=O) groups is 2. The first kappa shape index (κ1) is 19.1. The molecule has 0 aliphatic carbocycles. The Morgan fingerprint density at radius 1 is 1.04 bits per heavy atom. The molecule has 27 heavy (non-hydrogen) atoms. The maximum absolute atomic E-state index is 12.6. The van der Waals surface area contributed by atoms with E-state index in [-0.39, 0.29) is 18.6 Å². The Morgan fingerprint density at radius 3 is 2.44 bits per heavy atom. The summed E-state index contributed by atoms with van der Waals surface area (Å²) in [4.78, 5) is 26.5. The Morgan fingerprint density at radius 2 is 1.78 bits per heavy atom. The molecule has 0 aliphatic heterocycles. The fourth-order valence-electron chi connectivity index (χ4n) is 2.50. The van der Waals surface area contributed by atoms with E-state index in [1.165, 1.54) is 22.7 Å². The van der Waals surface area contributed by atoms with Gasteiger partial charge in [0, 0.05) is 9.75 Å². The maximum Gasteiger partial charge on any atom is 0.340 e. The normalized spacial score (nSPS) is 12.4. The van der Waals surface area contributed by atoms with Crippen LogP contribution in [0.25, 0.3) is 11.6 Å². The second-order valence-electron chi connectivity index (χ2n) is 5.83. The summed E-state index contributed by atoms with van der Waals surface area (Å²) < 4.78 is 5.27. The lowest BCUT2D eigenvalue weighted by molar-refractivity contribution is -0.143. The lowest BCUT2D eigenvalue weighted by Gasteiger charge is -2.14. The first-order chi connectivity index (χ1) is 13.1. The van der Waals surface area contributed by atoms with E-state index in [1.807, 2.05) is 72.3 Å². The third kappa shape index (κ3) is 5.39. The highest BCUT2D eigenvalue weighted by Gasteiger charge is 2.17. The molecule has 0 unspecified atom stereocenters. The minimum absolute atomic E-state index is 0.157. The van der Waals surface area contributed by atoms with Gasteiger partial charge in [-0.05, 0) is 41.5 Å². The summed E-state index contributed by atoms with van der Waals surface area (Å²) in [7, 11) is 0. The number of nitrogens with one attached hydrogen (secondary N) is 1. The van der Waals surface area contributed by atoms with Crippen molar-refractivity contribution in [1.29, 1.82) is 0 Å². The zero-order valence-corrected chi connectivity index (χ0v) is 16.4. The molecule has 1 amide bonds. The van der Waals surface area contributed by atoms with Gasteiger partial charge in [0.05, 0.1) is 11.6 Å². The van der Waals surface area contributed by atoms with Crippen LogP contribution in [0.3, 0.4) is 0 Å². The average Bonchev–Trinajstić information content (AvgIpc) is 3.38. The van der Waals surface area contributed by atoms with Crippen molar-refractivity contribution in [3.63, 3.8) is 0 Å². The average molecular weight is 398 g/mol. The van der Waals surface area contributed by atoms with Crippen molar-refractivity contribution in [3.05, 3.63) is 80.7 Å². The van der Waals surface area contributed by atoms with Crippen LogP contribution in [-0.4, -0.2) is 18.5 Å². The summed E-state index contributed by atoms with van der Waals surface area (Å²) in [6.45, 7) is 1.58. The first-order valence-corrected chi connectivity index (χ1v) is 10.2. The van der Waals surface area contributed by atoms with Gasteiger partial charge in [-0.2, -0.15) is 0 Å². The van der Waals surface area contributed by atoms with E-state index < -0.39 is 5.97 Å². The zero-order valence-electron chi connectivity index (χ0n) is 14.8. The molecule has 0 aliphatic rings. The molecule has 1 aromatic carbocycles. The molecule has 0 bridgehead atoms. The predicted molar refractivity (Wildman–Crippen MR) is 110 cm³/mol. The molecule has 138 valence electrons. The van der Waals surface area contributed by atoms with E-state index in [1.54, 1.807) is 6.08 Å². The van der Waals surface area contributed by atoms with Crippen LogP contribution >= 0.6 is 22.7 Å². The third-order valence-electron chi connectivity index (χ3n) is 3.85. The van der Waals surface area contributed by atoms with E-state index in [9.17, 15) is 9.59 Å². The third-order valence-corrected chi connectivity index (χ3v) is 5.57. The second-order valence-corrected chi connectivity index (χ2v) is 7.75. The molecule has 2 aromatic heterocycles. The van der Waals surface area contributed by atoms with Gasteiger partial charge in [-0.1, -0.05) is 42.5 Å². The number of esters is 1. The van der Waals surface area contributed by atoms with Crippen LogP contribution < -0.4 is 5.32 Å². The number of ether oxygens (including phenoxy) is 1. The van der Waals surface area contributed by atoms with Crippen molar-refractivity contribution < 1.29 is 14.3 Å². The standard InChI is InChI=1S/C21H19NO3S2/c1-15(16-7-3-2-4-8-16)22-20(23)14-25-21(24)18(19-10-6-12-27-19)13-17-9-5-11-26-17/h2-13,15H,14H2,1H3,(H,22,23)/b18-13+/t15-/m0/s1. The van der Waals surface area contributed by atoms with Crippen molar-refractivity contribution in [2.24, 2.45) is 0 Å². The molecular formula is C21H19NO3S2.